The molecule has 2 aromatic carbocycles. The lowest BCUT2D eigenvalue weighted by Gasteiger charge is -2.34. The van der Waals surface area contributed by atoms with Gasteiger partial charge in [0, 0.05) is 36.8 Å². The number of likely N-dealkylation sites (N-methyl/N-ethyl adjacent to an activating group) is 1. The van der Waals surface area contributed by atoms with Gasteiger partial charge in [-0.2, -0.15) is 0 Å². The summed E-state index contributed by atoms with van der Waals surface area (Å²) in [4.78, 5) is 5.50. The van der Waals surface area contributed by atoms with Gasteiger partial charge in [0.25, 0.3) is 0 Å². The van der Waals surface area contributed by atoms with Crippen molar-refractivity contribution in [1.29, 1.82) is 0 Å². The summed E-state index contributed by atoms with van der Waals surface area (Å²) in [6, 6.07) is 11.4. The molecule has 3 rings (SSSR count). The first-order valence-corrected chi connectivity index (χ1v) is 8.70. The Hall–Kier alpha value is -1.92. The van der Waals surface area contributed by atoms with E-state index in [0.717, 1.165) is 31.9 Å². The van der Waals surface area contributed by atoms with Crippen LogP contribution in [0.3, 0.4) is 0 Å². The van der Waals surface area contributed by atoms with E-state index < -0.39 is 16.6 Å². The van der Waals surface area contributed by atoms with Crippen LogP contribution in [0.4, 0.5) is 15.8 Å². The van der Waals surface area contributed by atoms with Crippen LogP contribution in [0.2, 0.25) is 0 Å². The first-order valence-electron chi connectivity index (χ1n) is 7.55. The molecule has 1 aliphatic heterocycles. The largest absolute Gasteiger partial charge is 0.398 e. The summed E-state index contributed by atoms with van der Waals surface area (Å²) < 4.78 is 25.9. The SMILES string of the molecule is CN1CCN(c2ccc(S(=O)c3cccc(F)c3)c(N)c2)CC1. The molecule has 0 saturated carbocycles. The van der Waals surface area contributed by atoms with E-state index in [9.17, 15) is 8.60 Å². The van der Waals surface area contributed by atoms with Crippen LogP contribution in [0.15, 0.2) is 52.3 Å². The molecule has 122 valence electrons. The molecule has 1 atom stereocenters. The van der Waals surface area contributed by atoms with Gasteiger partial charge in [0.15, 0.2) is 0 Å². The normalized spacial score (nSPS) is 17.2. The minimum Gasteiger partial charge on any atom is -0.398 e. The molecule has 1 aliphatic rings. The molecule has 0 bridgehead atoms. The molecule has 23 heavy (non-hydrogen) atoms. The van der Waals surface area contributed by atoms with Crippen LogP contribution in [0.5, 0.6) is 0 Å². The summed E-state index contributed by atoms with van der Waals surface area (Å²) in [6.07, 6.45) is 0. The third kappa shape index (κ3) is 3.54. The van der Waals surface area contributed by atoms with E-state index in [0.29, 0.717) is 15.5 Å². The lowest BCUT2D eigenvalue weighted by atomic mass is 10.2. The standard InChI is InChI=1S/C17H20FN3OS/c1-20-7-9-21(10-8-20)14-5-6-17(16(19)12-14)23(22)15-4-2-3-13(18)11-15/h2-6,11-12H,7-10,19H2,1H3. The van der Waals surface area contributed by atoms with Gasteiger partial charge in [-0.15, -0.1) is 0 Å². The van der Waals surface area contributed by atoms with E-state index in [-0.39, 0.29) is 0 Å². The van der Waals surface area contributed by atoms with Crippen LogP contribution in [0.1, 0.15) is 0 Å². The van der Waals surface area contributed by atoms with Gasteiger partial charge < -0.3 is 15.5 Å². The number of anilines is 2. The quantitative estimate of drug-likeness (QED) is 0.876. The van der Waals surface area contributed by atoms with Crippen LogP contribution in [0.25, 0.3) is 0 Å². The molecule has 2 aromatic rings. The van der Waals surface area contributed by atoms with Crippen molar-refractivity contribution in [3.05, 3.63) is 48.3 Å². The predicted octanol–water partition coefficient (Wildman–Crippen LogP) is 2.33. The van der Waals surface area contributed by atoms with E-state index in [1.807, 2.05) is 12.1 Å². The van der Waals surface area contributed by atoms with E-state index in [2.05, 4.69) is 16.8 Å². The van der Waals surface area contributed by atoms with E-state index >= 15 is 0 Å². The monoisotopic (exact) mass is 333 g/mol. The topological polar surface area (TPSA) is 49.6 Å². The second-order valence-corrected chi connectivity index (χ2v) is 7.19. The van der Waals surface area contributed by atoms with Crippen molar-refractivity contribution in [2.24, 2.45) is 0 Å². The molecular weight excluding hydrogens is 313 g/mol. The molecule has 0 amide bonds. The van der Waals surface area contributed by atoms with Crippen molar-refractivity contribution in [2.75, 3.05) is 43.9 Å². The molecule has 1 unspecified atom stereocenters. The summed E-state index contributed by atoms with van der Waals surface area (Å²) in [6.45, 7) is 3.91. The molecule has 2 N–H and O–H groups in total. The van der Waals surface area contributed by atoms with Crippen molar-refractivity contribution >= 4 is 22.2 Å². The summed E-state index contributed by atoms with van der Waals surface area (Å²) in [5.74, 6) is -0.400. The summed E-state index contributed by atoms with van der Waals surface area (Å²) >= 11 is 0. The molecular formula is C17H20FN3OS. The molecule has 1 saturated heterocycles. The van der Waals surface area contributed by atoms with E-state index in [4.69, 9.17) is 5.73 Å². The predicted molar refractivity (Wildman–Crippen MR) is 91.6 cm³/mol. The first kappa shape index (κ1) is 16.0. The van der Waals surface area contributed by atoms with Crippen molar-refractivity contribution in [3.8, 4) is 0 Å². The van der Waals surface area contributed by atoms with Crippen LogP contribution in [0, 0.1) is 5.82 Å². The highest BCUT2D eigenvalue weighted by Crippen LogP contribution is 2.27. The zero-order valence-corrected chi connectivity index (χ0v) is 13.9. The third-order valence-electron chi connectivity index (χ3n) is 4.07. The van der Waals surface area contributed by atoms with Gasteiger partial charge in [-0.1, -0.05) is 6.07 Å². The van der Waals surface area contributed by atoms with Gasteiger partial charge in [0.2, 0.25) is 0 Å². The number of hydrogen-bond acceptors (Lipinski definition) is 4. The second-order valence-electron chi connectivity index (χ2n) is 5.74. The smallest absolute Gasteiger partial charge is 0.124 e. The fourth-order valence-corrected chi connectivity index (χ4v) is 3.82. The Morgan fingerprint density at radius 1 is 1.09 bits per heavy atom. The van der Waals surface area contributed by atoms with Crippen LogP contribution in [-0.4, -0.2) is 42.3 Å². The van der Waals surface area contributed by atoms with Crippen molar-refractivity contribution in [3.63, 3.8) is 0 Å². The number of nitrogens with two attached hydrogens (primary N) is 1. The molecule has 1 heterocycles. The average Bonchev–Trinajstić information content (AvgIpc) is 2.55. The second kappa shape index (κ2) is 6.68. The molecule has 6 heteroatoms. The number of benzene rings is 2. The number of rotatable bonds is 3. The fraction of sp³-hybridized carbons (Fsp3) is 0.294. The van der Waals surface area contributed by atoms with Gasteiger partial charge in [-0.05, 0) is 43.4 Å². The lowest BCUT2D eigenvalue weighted by molar-refractivity contribution is 0.313. The van der Waals surface area contributed by atoms with Gasteiger partial charge in [0.1, 0.15) is 5.82 Å². The van der Waals surface area contributed by atoms with Crippen molar-refractivity contribution in [1.82, 2.24) is 4.90 Å². The third-order valence-corrected chi connectivity index (χ3v) is 5.53. The van der Waals surface area contributed by atoms with Crippen molar-refractivity contribution < 1.29 is 8.60 Å². The maximum absolute atomic E-state index is 13.3. The summed E-state index contributed by atoms with van der Waals surface area (Å²) in [5, 5.41) is 0. The van der Waals surface area contributed by atoms with Gasteiger partial charge in [-0.3, -0.25) is 0 Å². The van der Waals surface area contributed by atoms with Gasteiger partial charge in [-0.25, -0.2) is 8.60 Å². The van der Waals surface area contributed by atoms with Gasteiger partial charge >= 0.3 is 0 Å². The number of nitrogens with zero attached hydrogens (tertiary/aromatic N) is 2. The lowest BCUT2D eigenvalue weighted by Crippen LogP contribution is -2.44. The Morgan fingerprint density at radius 3 is 2.48 bits per heavy atom. The van der Waals surface area contributed by atoms with Crippen LogP contribution < -0.4 is 10.6 Å². The average molecular weight is 333 g/mol. The Labute approximate surface area is 138 Å². The summed E-state index contributed by atoms with van der Waals surface area (Å²) in [7, 11) is 0.629. The minimum atomic E-state index is -1.48. The maximum atomic E-state index is 13.3. The zero-order chi connectivity index (χ0) is 16.4. The molecule has 0 radical (unpaired) electrons. The molecule has 0 aliphatic carbocycles. The number of nitrogen functional groups attached to an aromatic ring is 1. The number of hydrogen-bond donors (Lipinski definition) is 1. The Morgan fingerprint density at radius 2 is 1.83 bits per heavy atom. The Kier molecular flexibility index (Phi) is 4.63. The maximum Gasteiger partial charge on any atom is 0.124 e. The summed E-state index contributed by atoms with van der Waals surface area (Å²) in [5.41, 5.74) is 7.62. The fourth-order valence-electron chi connectivity index (χ4n) is 2.68. The Bertz CT molecular complexity index is 730. The molecule has 4 nitrogen and oxygen atoms in total. The highest BCUT2D eigenvalue weighted by Gasteiger charge is 2.17. The molecule has 1 fully saturated rings. The zero-order valence-electron chi connectivity index (χ0n) is 13.0. The Balaban J connectivity index is 1.83. The van der Waals surface area contributed by atoms with E-state index in [1.165, 1.54) is 12.1 Å². The molecule has 0 aromatic heterocycles. The van der Waals surface area contributed by atoms with Crippen LogP contribution >= 0.6 is 0 Å². The number of halogens is 1. The minimum absolute atomic E-state index is 0.400. The number of piperazine rings is 1. The highest BCUT2D eigenvalue weighted by atomic mass is 32.2. The van der Waals surface area contributed by atoms with Crippen molar-refractivity contribution in [2.45, 2.75) is 9.79 Å². The first-order chi connectivity index (χ1) is 11.0. The van der Waals surface area contributed by atoms with Crippen LogP contribution in [-0.2, 0) is 10.8 Å². The molecule has 0 spiro atoms. The van der Waals surface area contributed by atoms with Gasteiger partial charge in [0.05, 0.1) is 21.4 Å². The highest BCUT2D eigenvalue weighted by molar-refractivity contribution is 7.85. The van der Waals surface area contributed by atoms with E-state index in [1.54, 1.807) is 18.2 Å².